The zero-order valence-corrected chi connectivity index (χ0v) is 14.0. The van der Waals surface area contributed by atoms with Crippen LogP contribution in [0.15, 0.2) is 6.07 Å². The summed E-state index contributed by atoms with van der Waals surface area (Å²) >= 11 is 0. The van der Waals surface area contributed by atoms with Gasteiger partial charge in [0, 0.05) is 0 Å². The molecule has 1 rings (SSSR count). The van der Waals surface area contributed by atoms with E-state index in [0.29, 0.717) is 5.75 Å². The zero-order chi connectivity index (χ0) is 15.2. The lowest BCUT2D eigenvalue weighted by atomic mass is 9.82. The van der Waals surface area contributed by atoms with Crippen LogP contribution in [-0.2, 0) is 16.4 Å². The van der Waals surface area contributed by atoms with Crippen molar-refractivity contribution in [3.05, 3.63) is 28.3 Å². The van der Waals surface area contributed by atoms with E-state index in [9.17, 15) is 5.11 Å². The summed E-state index contributed by atoms with van der Waals surface area (Å²) in [4.78, 5) is 7.10. The van der Waals surface area contributed by atoms with Crippen molar-refractivity contribution < 1.29 is 14.6 Å². The Hall–Kier alpha value is -0.790. The Morgan fingerprint density at radius 2 is 1.68 bits per heavy atom. The van der Waals surface area contributed by atoms with Crippen molar-refractivity contribution in [2.24, 2.45) is 0 Å². The monoisotopic (exact) mass is 286 g/mol. The number of phenols is 1. The van der Waals surface area contributed by atoms with Gasteiger partial charge in [-0.3, -0.25) is 4.57 Å². The van der Waals surface area contributed by atoms with Crippen molar-refractivity contribution in [2.75, 3.05) is 0 Å². The van der Waals surface area contributed by atoms with Crippen LogP contribution in [0.2, 0.25) is 0 Å². The molecule has 3 nitrogen and oxygen atoms in total. The van der Waals surface area contributed by atoms with Gasteiger partial charge in [0.1, 0.15) is 5.75 Å². The van der Waals surface area contributed by atoms with Crippen molar-refractivity contribution in [2.45, 2.75) is 59.8 Å². The highest BCUT2D eigenvalue weighted by Crippen LogP contribution is 2.36. The van der Waals surface area contributed by atoms with Gasteiger partial charge in [-0.15, -0.1) is 0 Å². The minimum Gasteiger partial charge on any atom is -0.507 e. The third-order valence-electron chi connectivity index (χ3n) is 3.30. The first-order valence-electron chi connectivity index (χ1n) is 6.61. The molecule has 4 heteroatoms. The maximum Gasteiger partial charge on any atom is 0.177 e. The lowest BCUT2D eigenvalue weighted by Gasteiger charge is -2.24. The third-order valence-corrected chi connectivity index (χ3v) is 3.30. The van der Waals surface area contributed by atoms with Gasteiger partial charge in [-0.05, 0) is 47.9 Å². The highest BCUT2D eigenvalue weighted by atomic mass is 31.1. The molecule has 0 radical (unpaired) electrons. The Kier molecular flexibility index (Phi) is 7.39. The number of hydrogen-bond donors (Lipinski definition) is 2. The summed E-state index contributed by atoms with van der Waals surface area (Å²) in [6.45, 7) is 12.7. The molecule has 1 atom stereocenters. The number of rotatable bonds is 2. The molecule has 0 fully saturated rings. The third kappa shape index (κ3) is 5.00. The molecular weight excluding hydrogens is 259 g/mol. The van der Waals surface area contributed by atoms with E-state index in [2.05, 4.69) is 40.7 Å². The second-order valence-electron chi connectivity index (χ2n) is 5.79. The van der Waals surface area contributed by atoms with Crippen LogP contribution in [0.4, 0.5) is 0 Å². The van der Waals surface area contributed by atoms with Gasteiger partial charge in [0.25, 0.3) is 0 Å². The summed E-state index contributed by atoms with van der Waals surface area (Å²) in [5, 5.41) is 10.2. The maximum absolute atomic E-state index is 10.2. The molecule has 0 heterocycles. The highest BCUT2D eigenvalue weighted by Gasteiger charge is 2.21. The van der Waals surface area contributed by atoms with Crippen LogP contribution < -0.4 is 0 Å². The number of hydrogen-bond acceptors (Lipinski definition) is 2. The molecule has 110 valence electrons. The number of benzene rings is 1. The summed E-state index contributed by atoms with van der Waals surface area (Å²) < 4.78 is 8.57. The highest BCUT2D eigenvalue weighted by molar-refractivity contribution is 7.16. The predicted molar refractivity (Wildman–Crippen MR) is 82.9 cm³/mol. The summed E-state index contributed by atoms with van der Waals surface area (Å²) in [5.41, 5.74) is 4.73. The molecule has 2 N–H and O–H groups in total. The standard InChI is InChI=1S/C15H24O.H3O2P/c1-7-8-12-9-13(15(4,5)6)14(16)11(3)10(12)2;1-3-2/h9,16H,7-8H2,1-6H3;3H2,(H,1,2). The smallest absolute Gasteiger partial charge is 0.177 e. The fraction of sp³-hybridized carbons (Fsp3) is 0.600. The van der Waals surface area contributed by atoms with Crippen LogP contribution in [0, 0.1) is 13.8 Å². The van der Waals surface area contributed by atoms with Crippen molar-refractivity contribution in [3.63, 3.8) is 0 Å². The topological polar surface area (TPSA) is 57.5 Å². The molecule has 0 bridgehead atoms. The molecule has 0 spiro atoms. The van der Waals surface area contributed by atoms with Crippen molar-refractivity contribution >= 4 is 8.69 Å². The summed E-state index contributed by atoms with van der Waals surface area (Å²) in [5.74, 6) is 0.477. The van der Waals surface area contributed by atoms with Gasteiger partial charge in [-0.2, -0.15) is 0 Å². The average Bonchev–Trinajstić information content (AvgIpc) is 2.29. The lowest BCUT2D eigenvalue weighted by Crippen LogP contribution is -2.13. The molecule has 0 saturated heterocycles. The molecule has 1 unspecified atom stereocenters. The van der Waals surface area contributed by atoms with Gasteiger partial charge in [-0.1, -0.05) is 40.2 Å². The van der Waals surface area contributed by atoms with Crippen LogP contribution in [-0.4, -0.2) is 10.00 Å². The number of phenolic OH excluding ortho intramolecular Hbond substituents is 1. The Balaban J connectivity index is 0.000000982. The number of aryl methyl sites for hydroxylation is 1. The van der Waals surface area contributed by atoms with E-state index in [4.69, 9.17) is 9.46 Å². The first kappa shape index (κ1) is 18.2. The van der Waals surface area contributed by atoms with Gasteiger partial charge >= 0.3 is 0 Å². The minimum absolute atomic E-state index is 0.00499. The fourth-order valence-electron chi connectivity index (χ4n) is 2.07. The lowest BCUT2D eigenvalue weighted by molar-refractivity contribution is 0.441. The van der Waals surface area contributed by atoms with E-state index in [-0.39, 0.29) is 5.41 Å². The Labute approximate surface area is 118 Å². The maximum atomic E-state index is 10.2. The van der Waals surface area contributed by atoms with Gasteiger partial charge < -0.3 is 10.00 Å². The van der Waals surface area contributed by atoms with Gasteiger partial charge in [0.2, 0.25) is 0 Å². The van der Waals surface area contributed by atoms with Crippen molar-refractivity contribution in [1.82, 2.24) is 0 Å². The van der Waals surface area contributed by atoms with Crippen LogP contribution in [0.3, 0.4) is 0 Å². The molecule has 0 aliphatic heterocycles. The molecule has 0 amide bonds. The van der Waals surface area contributed by atoms with Crippen LogP contribution in [0.5, 0.6) is 5.75 Å². The fourth-order valence-corrected chi connectivity index (χ4v) is 2.07. The number of aromatic hydroxyl groups is 1. The van der Waals surface area contributed by atoms with Gasteiger partial charge in [-0.25, -0.2) is 0 Å². The second-order valence-corrected chi connectivity index (χ2v) is 6.00. The van der Waals surface area contributed by atoms with Crippen LogP contribution in [0.1, 0.15) is 56.4 Å². The Morgan fingerprint density at radius 1 is 1.21 bits per heavy atom. The van der Waals surface area contributed by atoms with Crippen LogP contribution >= 0.6 is 8.69 Å². The van der Waals surface area contributed by atoms with Gasteiger partial charge in [0.05, 0.1) is 0 Å². The molecule has 1 aromatic rings. The Morgan fingerprint density at radius 3 is 2.05 bits per heavy atom. The van der Waals surface area contributed by atoms with Gasteiger partial charge in [0.15, 0.2) is 8.69 Å². The first-order valence-corrected chi connectivity index (χ1v) is 7.59. The second kappa shape index (κ2) is 7.72. The summed E-state index contributed by atoms with van der Waals surface area (Å²) in [6.07, 6.45) is 2.24. The van der Waals surface area contributed by atoms with E-state index in [1.54, 1.807) is 0 Å². The normalized spacial score (nSPS) is 11.5. The van der Waals surface area contributed by atoms with E-state index in [1.807, 2.05) is 6.92 Å². The molecule has 0 saturated carbocycles. The van der Waals surface area contributed by atoms with E-state index in [0.717, 1.165) is 24.0 Å². The predicted octanol–water partition coefficient (Wildman–Crippen LogP) is 3.91. The molecule has 0 aromatic heterocycles. The van der Waals surface area contributed by atoms with E-state index >= 15 is 0 Å². The molecule has 0 aliphatic carbocycles. The first-order chi connectivity index (χ1) is 8.70. The molecule has 19 heavy (non-hydrogen) atoms. The van der Waals surface area contributed by atoms with Crippen LogP contribution in [0.25, 0.3) is 0 Å². The summed E-state index contributed by atoms with van der Waals surface area (Å²) in [7, 11) is -1.50. The summed E-state index contributed by atoms with van der Waals surface area (Å²) in [6, 6.07) is 2.18. The molecule has 0 aliphatic rings. The molecule has 1 aromatic carbocycles. The zero-order valence-electron chi connectivity index (χ0n) is 12.9. The quantitative estimate of drug-likeness (QED) is 0.810. The molecular formula is C15H27O3P. The average molecular weight is 286 g/mol. The minimum atomic E-state index is -1.50. The van der Waals surface area contributed by atoms with E-state index < -0.39 is 8.69 Å². The SMILES string of the molecule is CCCc1cc(C(C)(C)C)c(O)c(C)c1C.O=[PH2]O. The van der Waals surface area contributed by atoms with Crippen molar-refractivity contribution in [3.8, 4) is 5.75 Å². The largest absolute Gasteiger partial charge is 0.507 e. The van der Waals surface area contributed by atoms with E-state index in [1.165, 1.54) is 11.1 Å². The van der Waals surface area contributed by atoms with Crippen molar-refractivity contribution in [1.29, 1.82) is 0 Å². The Bertz CT molecular complexity index is 434.